The summed E-state index contributed by atoms with van der Waals surface area (Å²) in [6.07, 6.45) is 10.2. The van der Waals surface area contributed by atoms with Crippen LogP contribution in [0, 0.1) is 0 Å². The van der Waals surface area contributed by atoms with Crippen molar-refractivity contribution in [2.45, 2.75) is 19.8 Å². The summed E-state index contributed by atoms with van der Waals surface area (Å²) < 4.78 is 5.80. The molecule has 0 amide bonds. The van der Waals surface area contributed by atoms with E-state index in [2.05, 4.69) is 30.9 Å². The summed E-state index contributed by atoms with van der Waals surface area (Å²) in [6.45, 7) is 6.71. The van der Waals surface area contributed by atoms with Gasteiger partial charge in [0.2, 0.25) is 0 Å². The maximum atomic E-state index is 5.80. The molecule has 0 bridgehead atoms. The van der Waals surface area contributed by atoms with Crippen LogP contribution in [0.2, 0.25) is 0 Å². The van der Waals surface area contributed by atoms with E-state index in [1.807, 2.05) is 25.2 Å². The predicted octanol–water partition coefficient (Wildman–Crippen LogP) is 4.16. The minimum atomic E-state index is 0.818. The van der Waals surface area contributed by atoms with Crippen molar-refractivity contribution in [3.05, 3.63) is 60.2 Å². The van der Waals surface area contributed by atoms with E-state index < -0.39 is 0 Å². The highest BCUT2D eigenvalue weighted by molar-refractivity contribution is 5.79. The Kier molecular flexibility index (Phi) is 3.81. The first kappa shape index (κ1) is 11.7. The van der Waals surface area contributed by atoms with Crippen LogP contribution in [-0.4, -0.2) is 6.61 Å². The molecule has 0 N–H and O–H groups in total. The van der Waals surface area contributed by atoms with Gasteiger partial charge in [-0.15, -0.1) is 0 Å². The molecule has 1 aliphatic heterocycles. The molecule has 0 atom stereocenters. The summed E-state index contributed by atoms with van der Waals surface area (Å²) in [5.41, 5.74) is 3.57. The van der Waals surface area contributed by atoms with E-state index in [-0.39, 0.29) is 0 Å². The second-order valence-electron chi connectivity index (χ2n) is 4.10. The Morgan fingerprint density at radius 1 is 1.41 bits per heavy atom. The molecule has 0 radical (unpaired) electrons. The molecule has 1 nitrogen and oxygen atoms in total. The number of rotatable bonds is 3. The van der Waals surface area contributed by atoms with Crippen LogP contribution in [0.15, 0.2) is 49.1 Å². The lowest BCUT2D eigenvalue weighted by atomic mass is 9.97. The molecule has 17 heavy (non-hydrogen) atoms. The van der Waals surface area contributed by atoms with Crippen molar-refractivity contribution in [3.63, 3.8) is 0 Å². The van der Waals surface area contributed by atoms with Gasteiger partial charge in [0.25, 0.3) is 0 Å². The lowest BCUT2D eigenvalue weighted by Crippen LogP contribution is -2.09. The standard InChI is InChI=1S/C16H18O/c1-3-5-8-13(4-2)15-11-6-9-14-10-7-12-17-16(14)15/h3-6,8-9,11H,2,7,10,12H2,1H3/b5-3-,13-8+. The molecule has 88 valence electrons. The van der Waals surface area contributed by atoms with E-state index in [0.717, 1.165) is 36.3 Å². The summed E-state index contributed by atoms with van der Waals surface area (Å²) in [7, 11) is 0. The quantitative estimate of drug-likeness (QED) is 0.703. The Morgan fingerprint density at radius 2 is 2.29 bits per heavy atom. The van der Waals surface area contributed by atoms with Gasteiger partial charge < -0.3 is 4.74 Å². The zero-order chi connectivity index (χ0) is 12.1. The van der Waals surface area contributed by atoms with Crippen molar-refractivity contribution in [2.24, 2.45) is 0 Å². The highest BCUT2D eigenvalue weighted by Crippen LogP contribution is 2.33. The molecular weight excluding hydrogens is 208 g/mol. The van der Waals surface area contributed by atoms with E-state index >= 15 is 0 Å². The number of allylic oxidation sites excluding steroid dienone is 5. The van der Waals surface area contributed by atoms with Crippen LogP contribution in [0.4, 0.5) is 0 Å². The normalized spacial score (nSPS) is 15.5. The summed E-state index contributed by atoms with van der Waals surface area (Å²) in [5, 5.41) is 0. The minimum absolute atomic E-state index is 0.818. The van der Waals surface area contributed by atoms with E-state index in [0.29, 0.717) is 0 Å². The van der Waals surface area contributed by atoms with Crippen molar-refractivity contribution >= 4 is 5.57 Å². The van der Waals surface area contributed by atoms with Crippen LogP contribution >= 0.6 is 0 Å². The van der Waals surface area contributed by atoms with Gasteiger partial charge in [-0.3, -0.25) is 0 Å². The number of ether oxygens (including phenoxy) is 1. The monoisotopic (exact) mass is 226 g/mol. The van der Waals surface area contributed by atoms with E-state index in [9.17, 15) is 0 Å². The van der Waals surface area contributed by atoms with Crippen LogP contribution in [0.5, 0.6) is 5.75 Å². The van der Waals surface area contributed by atoms with Gasteiger partial charge in [-0.05, 0) is 30.9 Å². The van der Waals surface area contributed by atoms with Gasteiger partial charge in [0, 0.05) is 5.56 Å². The Labute approximate surface area is 103 Å². The van der Waals surface area contributed by atoms with Crippen molar-refractivity contribution < 1.29 is 4.74 Å². The second kappa shape index (κ2) is 5.53. The van der Waals surface area contributed by atoms with Gasteiger partial charge in [0.05, 0.1) is 6.61 Å². The SMILES string of the molecule is C=C/C(=C\C=C/C)c1cccc2c1OCCC2. The molecule has 1 heteroatoms. The fourth-order valence-corrected chi connectivity index (χ4v) is 2.08. The summed E-state index contributed by atoms with van der Waals surface area (Å²) >= 11 is 0. The topological polar surface area (TPSA) is 9.23 Å². The maximum absolute atomic E-state index is 5.80. The number of fused-ring (bicyclic) bond motifs is 1. The lowest BCUT2D eigenvalue weighted by Gasteiger charge is -2.20. The van der Waals surface area contributed by atoms with Gasteiger partial charge in [-0.25, -0.2) is 0 Å². The van der Waals surface area contributed by atoms with Crippen LogP contribution < -0.4 is 4.74 Å². The molecule has 0 saturated heterocycles. The van der Waals surface area contributed by atoms with Crippen LogP contribution in [0.3, 0.4) is 0 Å². The maximum Gasteiger partial charge on any atom is 0.130 e. The second-order valence-corrected chi connectivity index (χ2v) is 4.10. The van der Waals surface area contributed by atoms with Crippen molar-refractivity contribution in [1.82, 2.24) is 0 Å². The Hall–Kier alpha value is -1.76. The highest BCUT2D eigenvalue weighted by Gasteiger charge is 2.15. The molecular formula is C16H18O. The summed E-state index contributed by atoms with van der Waals surface area (Å²) in [4.78, 5) is 0. The third-order valence-electron chi connectivity index (χ3n) is 2.93. The van der Waals surface area contributed by atoms with Crippen molar-refractivity contribution in [1.29, 1.82) is 0 Å². The number of aryl methyl sites for hydroxylation is 1. The first-order valence-electron chi connectivity index (χ1n) is 6.07. The number of hydrogen-bond acceptors (Lipinski definition) is 1. The molecule has 1 aromatic rings. The van der Waals surface area contributed by atoms with Crippen molar-refractivity contribution in [2.75, 3.05) is 6.61 Å². The van der Waals surface area contributed by atoms with Crippen LogP contribution in [0.25, 0.3) is 5.57 Å². The molecule has 1 aliphatic rings. The molecule has 1 aromatic carbocycles. The van der Waals surface area contributed by atoms with E-state index in [1.165, 1.54) is 5.56 Å². The molecule has 0 fully saturated rings. The molecule has 0 aromatic heterocycles. The molecule has 0 unspecified atom stereocenters. The van der Waals surface area contributed by atoms with Crippen molar-refractivity contribution in [3.8, 4) is 5.75 Å². The van der Waals surface area contributed by atoms with Gasteiger partial charge in [0.1, 0.15) is 5.75 Å². The van der Waals surface area contributed by atoms with Gasteiger partial charge in [-0.2, -0.15) is 0 Å². The van der Waals surface area contributed by atoms with Gasteiger partial charge in [-0.1, -0.05) is 49.1 Å². The number of benzene rings is 1. The van der Waals surface area contributed by atoms with Gasteiger partial charge >= 0.3 is 0 Å². The minimum Gasteiger partial charge on any atom is -0.493 e. The average Bonchev–Trinajstić information content (AvgIpc) is 2.40. The fourth-order valence-electron chi connectivity index (χ4n) is 2.08. The Balaban J connectivity index is 2.47. The zero-order valence-electron chi connectivity index (χ0n) is 10.3. The smallest absolute Gasteiger partial charge is 0.130 e. The molecule has 2 rings (SSSR count). The third-order valence-corrected chi connectivity index (χ3v) is 2.93. The lowest BCUT2D eigenvalue weighted by molar-refractivity contribution is 0.287. The predicted molar refractivity (Wildman–Crippen MR) is 73.2 cm³/mol. The third kappa shape index (κ3) is 2.50. The average molecular weight is 226 g/mol. The molecule has 0 spiro atoms. The molecule has 0 aliphatic carbocycles. The first-order chi connectivity index (χ1) is 8.36. The molecule has 1 heterocycles. The Bertz CT molecular complexity index is 466. The summed E-state index contributed by atoms with van der Waals surface area (Å²) in [5.74, 6) is 1.04. The van der Waals surface area contributed by atoms with E-state index in [4.69, 9.17) is 4.74 Å². The van der Waals surface area contributed by atoms with Gasteiger partial charge in [0.15, 0.2) is 0 Å². The summed E-state index contributed by atoms with van der Waals surface area (Å²) in [6, 6.07) is 6.34. The largest absolute Gasteiger partial charge is 0.493 e. The molecule has 0 saturated carbocycles. The van der Waals surface area contributed by atoms with Crippen LogP contribution in [0.1, 0.15) is 24.5 Å². The number of hydrogen-bond donors (Lipinski definition) is 0. The Morgan fingerprint density at radius 3 is 3.06 bits per heavy atom. The van der Waals surface area contributed by atoms with Crippen LogP contribution in [-0.2, 0) is 6.42 Å². The first-order valence-corrected chi connectivity index (χ1v) is 6.07. The van der Waals surface area contributed by atoms with E-state index in [1.54, 1.807) is 0 Å². The number of para-hydroxylation sites is 1. The highest BCUT2D eigenvalue weighted by atomic mass is 16.5. The zero-order valence-corrected chi connectivity index (χ0v) is 10.3. The fraction of sp³-hybridized carbons (Fsp3) is 0.250.